The molecule has 0 spiro atoms. The fraction of sp³-hybridized carbons (Fsp3) is 0.125. The van der Waals surface area contributed by atoms with Crippen LogP contribution in [0.1, 0.15) is 39.9 Å². The molecule has 3 aromatic rings. The highest BCUT2D eigenvalue weighted by molar-refractivity contribution is 6.04. The largest absolute Gasteiger partial charge is 0.322 e. The van der Waals surface area contributed by atoms with Gasteiger partial charge in [-0.05, 0) is 65.8 Å². The van der Waals surface area contributed by atoms with Crippen molar-refractivity contribution >= 4 is 17.2 Å². The number of benzene rings is 3. The molecule has 1 N–H and O–H groups in total. The first-order valence-corrected chi connectivity index (χ1v) is 9.28. The third-order valence-electron chi connectivity index (χ3n) is 4.93. The van der Waals surface area contributed by atoms with Crippen molar-refractivity contribution in [1.82, 2.24) is 0 Å². The fourth-order valence-electron chi connectivity index (χ4n) is 3.59. The summed E-state index contributed by atoms with van der Waals surface area (Å²) in [7, 11) is 0. The SMILES string of the molecule is O=C(Nc1ccc2c(c1)CCCC=C2c1ccccc1)c1c(F)cccc1F. The highest BCUT2D eigenvalue weighted by Crippen LogP contribution is 2.32. The first kappa shape index (κ1) is 18.1. The number of fused-ring (bicyclic) bond motifs is 1. The molecule has 0 unspecified atom stereocenters. The van der Waals surface area contributed by atoms with Crippen molar-refractivity contribution in [2.24, 2.45) is 0 Å². The molecule has 0 bridgehead atoms. The van der Waals surface area contributed by atoms with E-state index < -0.39 is 23.1 Å². The summed E-state index contributed by atoms with van der Waals surface area (Å²) in [6, 6.07) is 19.2. The monoisotopic (exact) mass is 375 g/mol. The second kappa shape index (κ2) is 7.77. The van der Waals surface area contributed by atoms with Gasteiger partial charge in [-0.1, -0.05) is 48.5 Å². The van der Waals surface area contributed by atoms with Gasteiger partial charge in [-0.2, -0.15) is 0 Å². The number of carbonyl (C=O) groups is 1. The van der Waals surface area contributed by atoms with Crippen molar-refractivity contribution in [3.63, 3.8) is 0 Å². The summed E-state index contributed by atoms with van der Waals surface area (Å²) in [6.45, 7) is 0. The Morgan fingerprint density at radius 2 is 1.64 bits per heavy atom. The number of amides is 1. The van der Waals surface area contributed by atoms with E-state index in [4.69, 9.17) is 0 Å². The Morgan fingerprint density at radius 3 is 2.39 bits per heavy atom. The molecule has 0 radical (unpaired) electrons. The number of aryl methyl sites for hydroxylation is 1. The Kier molecular flexibility index (Phi) is 5.02. The molecule has 1 amide bonds. The van der Waals surface area contributed by atoms with Crippen LogP contribution < -0.4 is 5.32 Å². The van der Waals surface area contributed by atoms with Gasteiger partial charge in [-0.25, -0.2) is 8.78 Å². The summed E-state index contributed by atoms with van der Waals surface area (Å²) in [6.07, 6.45) is 5.10. The molecule has 0 saturated heterocycles. The number of anilines is 1. The van der Waals surface area contributed by atoms with E-state index in [0.717, 1.165) is 48.1 Å². The lowest BCUT2D eigenvalue weighted by Gasteiger charge is -2.14. The van der Waals surface area contributed by atoms with Crippen molar-refractivity contribution in [3.8, 4) is 0 Å². The minimum absolute atomic E-state index is 0.528. The molecule has 1 aliphatic rings. The number of rotatable bonds is 3. The maximum atomic E-state index is 13.9. The molecule has 4 rings (SSSR count). The molecule has 0 atom stereocenters. The summed E-state index contributed by atoms with van der Waals surface area (Å²) in [5.41, 5.74) is 4.52. The topological polar surface area (TPSA) is 29.1 Å². The molecular formula is C24H19F2NO. The van der Waals surface area contributed by atoms with Gasteiger partial charge in [-0.3, -0.25) is 4.79 Å². The van der Waals surface area contributed by atoms with Crippen LogP contribution in [0.4, 0.5) is 14.5 Å². The van der Waals surface area contributed by atoms with Gasteiger partial charge in [0.1, 0.15) is 17.2 Å². The Hall–Kier alpha value is -3.27. The van der Waals surface area contributed by atoms with Crippen LogP contribution in [0, 0.1) is 11.6 Å². The zero-order valence-electron chi connectivity index (χ0n) is 15.2. The van der Waals surface area contributed by atoms with Crippen LogP contribution in [0.5, 0.6) is 0 Å². The van der Waals surface area contributed by atoms with Crippen molar-refractivity contribution in [3.05, 3.63) is 107 Å². The summed E-state index contributed by atoms with van der Waals surface area (Å²) in [4.78, 5) is 12.4. The lowest BCUT2D eigenvalue weighted by atomic mass is 9.93. The van der Waals surface area contributed by atoms with E-state index in [1.807, 2.05) is 30.3 Å². The number of carbonyl (C=O) groups excluding carboxylic acids is 1. The summed E-state index contributed by atoms with van der Waals surface area (Å²) in [5, 5.41) is 2.63. The van der Waals surface area contributed by atoms with E-state index in [0.29, 0.717) is 5.69 Å². The van der Waals surface area contributed by atoms with Crippen LogP contribution in [0.2, 0.25) is 0 Å². The van der Waals surface area contributed by atoms with Crippen LogP contribution in [-0.2, 0) is 6.42 Å². The van der Waals surface area contributed by atoms with Crippen LogP contribution >= 0.6 is 0 Å². The van der Waals surface area contributed by atoms with Crippen LogP contribution in [0.25, 0.3) is 5.57 Å². The minimum atomic E-state index is -0.874. The van der Waals surface area contributed by atoms with Gasteiger partial charge in [-0.15, -0.1) is 0 Å². The predicted molar refractivity (Wildman–Crippen MR) is 107 cm³/mol. The van der Waals surface area contributed by atoms with Crippen molar-refractivity contribution < 1.29 is 13.6 Å². The van der Waals surface area contributed by atoms with E-state index in [-0.39, 0.29) is 0 Å². The Labute approximate surface area is 162 Å². The minimum Gasteiger partial charge on any atom is -0.322 e. The first-order chi connectivity index (χ1) is 13.6. The van der Waals surface area contributed by atoms with E-state index in [2.05, 4.69) is 23.5 Å². The van der Waals surface area contributed by atoms with E-state index >= 15 is 0 Å². The molecule has 140 valence electrons. The maximum Gasteiger partial charge on any atom is 0.261 e. The van der Waals surface area contributed by atoms with Crippen LogP contribution in [0.15, 0.2) is 72.8 Å². The van der Waals surface area contributed by atoms with Crippen molar-refractivity contribution in [2.75, 3.05) is 5.32 Å². The van der Waals surface area contributed by atoms with E-state index in [1.54, 1.807) is 6.07 Å². The predicted octanol–water partition coefficient (Wildman–Crippen LogP) is 5.99. The maximum absolute atomic E-state index is 13.9. The van der Waals surface area contributed by atoms with Gasteiger partial charge >= 0.3 is 0 Å². The molecule has 0 aliphatic heterocycles. The quantitative estimate of drug-likeness (QED) is 0.599. The average Bonchev–Trinajstić information content (AvgIpc) is 2.90. The normalized spacial score (nSPS) is 13.3. The molecule has 3 aromatic carbocycles. The first-order valence-electron chi connectivity index (χ1n) is 9.28. The average molecular weight is 375 g/mol. The van der Waals surface area contributed by atoms with E-state index in [9.17, 15) is 13.6 Å². The lowest BCUT2D eigenvalue weighted by molar-refractivity contribution is 0.101. The smallest absolute Gasteiger partial charge is 0.261 e. The number of nitrogens with one attached hydrogen (secondary N) is 1. The molecule has 1 aliphatic carbocycles. The molecule has 0 aromatic heterocycles. The van der Waals surface area contributed by atoms with Gasteiger partial charge in [0.15, 0.2) is 0 Å². The molecule has 0 saturated carbocycles. The standard InChI is InChI=1S/C24H19F2NO/c25-21-11-6-12-22(26)23(21)24(28)27-18-13-14-20-17(15-18)9-4-5-10-19(20)16-7-2-1-3-8-16/h1-3,6-8,10-15H,4-5,9H2,(H,27,28). The fourth-order valence-corrected chi connectivity index (χ4v) is 3.59. The zero-order valence-corrected chi connectivity index (χ0v) is 15.2. The highest BCUT2D eigenvalue weighted by atomic mass is 19.1. The lowest BCUT2D eigenvalue weighted by Crippen LogP contribution is -2.16. The third kappa shape index (κ3) is 3.58. The van der Waals surface area contributed by atoms with Gasteiger partial charge in [0, 0.05) is 5.69 Å². The Bertz CT molecular complexity index is 1040. The molecule has 0 heterocycles. The Morgan fingerprint density at radius 1 is 0.893 bits per heavy atom. The van der Waals surface area contributed by atoms with Crippen molar-refractivity contribution in [2.45, 2.75) is 19.3 Å². The highest BCUT2D eigenvalue weighted by Gasteiger charge is 2.18. The number of hydrogen-bond donors (Lipinski definition) is 1. The summed E-state index contributed by atoms with van der Waals surface area (Å²) in [5.74, 6) is -2.54. The number of hydrogen-bond acceptors (Lipinski definition) is 1. The Balaban J connectivity index is 1.65. The second-order valence-electron chi connectivity index (χ2n) is 6.80. The third-order valence-corrected chi connectivity index (χ3v) is 4.93. The molecule has 28 heavy (non-hydrogen) atoms. The van der Waals surface area contributed by atoms with Gasteiger partial charge in [0.2, 0.25) is 0 Å². The number of allylic oxidation sites excluding steroid dienone is 1. The molecule has 0 fully saturated rings. The molecular weight excluding hydrogens is 356 g/mol. The van der Waals surface area contributed by atoms with Gasteiger partial charge in [0.05, 0.1) is 0 Å². The van der Waals surface area contributed by atoms with Crippen molar-refractivity contribution in [1.29, 1.82) is 0 Å². The van der Waals surface area contributed by atoms with Crippen LogP contribution in [0.3, 0.4) is 0 Å². The summed E-state index contributed by atoms with van der Waals surface area (Å²) < 4.78 is 27.7. The van der Waals surface area contributed by atoms with Gasteiger partial charge < -0.3 is 5.32 Å². The van der Waals surface area contributed by atoms with Crippen LogP contribution in [-0.4, -0.2) is 5.91 Å². The molecule has 4 heteroatoms. The molecule has 2 nitrogen and oxygen atoms in total. The summed E-state index contributed by atoms with van der Waals surface area (Å²) >= 11 is 0. The zero-order chi connectivity index (χ0) is 19.5. The van der Waals surface area contributed by atoms with Gasteiger partial charge in [0.25, 0.3) is 5.91 Å². The van der Waals surface area contributed by atoms with E-state index in [1.165, 1.54) is 11.6 Å². The number of halogens is 2. The second-order valence-corrected chi connectivity index (χ2v) is 6.80.